The molecule has 0 aliphatic carbocycles. The molecule has 118 valence electrons. The molecule has 1 aliphatic heterocycles. The Morgan fingerprint density at radius 3 is 2.15 bits per heavy atom. The van der Waals surface area contributed by atoms with Crippen LogP contribution in [0.3, 0.4) is 0 Å². The normalized spacial score (nSPS) is 18.6. The summed E-state index contributed by atoms with van der Waals surface area (Å²) in [5.74, 6) is 0.476. The van der Waals surface area contributed by atoms with Crippen LogP contribution in [0.25, 0.3) is 0 Å². The summed E-state index contributed by atoms with van der Waals surface area (Å²) < 4.78 is 5.01. The van der Waals surface area contributed by atoms with Crippen molar-refractivity contribution in [2.45, 2.75) is 77.2 Å². The Bertz CT molecular complexity index is 261. The Labute approximate surface area is 129 Å². The third-order valence-corrected chi connectivity index (χ3v) is 4.36. The molecule has 0 aromatic heterocycles. The summed E-state index contributed by atoms with van der Waals surface area (Å²) in [5, 5.41) is 0. The summed E-state index contributed by atoms with van der Waals surface area (Å²) in [6.45, 7) is 3.51. The number of nitrogens with zero attached hydrogens (tertiary/aromatic N) is 1. The lowest BCUT2D eigenvalue weighted by Crippen LogP contribution is -2.35. The molecule has 4 heteroatoms. The first kappa shape index (κ1) is 17.6. The monoisotopic (exact) mass is 303 g/mol. The van der Waals surface area contributed by atoms with Crippen LogP contribution in [0.15, 0.2) is 0 Å². The first-order valence-corrected chi connectivity index (χ1v) is 8.82. The quantitative estimate of drug-likeness (QED) is 0.376. The van der Waals surface area contributed by atoms with E-state index in [0.717, 1.165) is 13.0 Å². The number of hydrogen-bond acceptors (Lipinski definition) is 2. The van der Waals surface area contributed by atoms with E-state index in [-0.39, 0.29) is 12.1 Å². The fourth-order valence-corrected chi connectivity index (χ4v) is 2.92. The second-order valence-corrected chi connectivity index (χ2v) is 6.07. The van der Waals surface area contributed by atoms with Crippen LogP contribution >= 0.6 is 11.6 Å². The van der Waals surface area contributed by atoms with Crippen molar-refractivity contribution in [3.63, 3.8) is 0 Å². The number of alkyl halides is 1. The SMILES string of the molecule is CCCCCCCCCCCCN1C(=O)OCC1CCl. The molecule has 0 radical (unpaired) electrons. The molecule has 1 fully saturated rings. The predicted octanol–water partition coefficient (Wildman–Crippen LogP) is 4.97. The highest BCUT2D eigenvalue weighted by Crippen LogP contribution is 2.16. The lowest BCUT2D eigenvalue weighted by molar-refractivity contribution is 0.157. The number of ether oxygens (including phenoxy) is 1. The minimum atomic E-state index is -0.188. The van der Waals surface area contributed by atoms with E-state index in [1.54, 1.807) is 4.90 Å². The van der Waals surface area contributed by atoms with Gasteiger partial charge in [-0.15, -0.1) is 11.6 Å². The molecule has 0 spiro atoms. The van der Waals surface area contributed by atoms with E-state index in [1.165, 1.54) is 57.8 Å². The van der Waals surface area contributed by atoms with Crippen molar-refractivity contribution in [3.8, 4) is 0 Å². The summed E-state index contributed by atoms with van der Waals surface area (Å²) in [5.41, 5.74) is 0. The van der Waals surface area contributed by atoms with Crippen molar-refractivity contribution in [1.29, 1.82) is 0 Å². The van der Waals surface area contributed by atoms with E-state index in [0.29, 0.717) is 12.5 Å². The summed E-state index contributed by atoms with van der Waals surface area (Å²) in [7, 11) is 0. The Morgan fingerprint density at radius 1 is 1.05 bits per heavy atom. The van der Waals surface area contributed by atoms with Gasteiger partial charge in [-0.3, -0.25) is 0 Å². The van der Waals surface area contributed by atoms with Gasteiger partial charge in [0.15, 0.2) is 0 Å². The number of halogens is 1. The summed E-state index contributed by atoms with van der Waals surface area (Å²) in [6, 6.07) is 0.0859. The maximum atomic E-state index is 11.5. The second-order valence-electron chi connectivity index (χ2n) is 5.76. The Kier molecular flexibility index (Phi) is 9.90. The molecule has 0 N–H and O–H groups in total. The zero-order valence-electron chi connectivity index (χ0n) is 12.9. The first-order valence-electron chi connectivity index (χ1n) is 8.29. The van der Waals surface area contributed by atoms with Gasteiger partial charge >= 0.3 is 6.09 Å². The molecular weight excluding hydrogens is 274 g/mol. The second kappa shape index (κ2) is 11.2. The zero-order chi connectivity index (χ0) is 14.6. The number of carbonyl (C=O) groups excluding carboxylic acids is 1. The molecule has 1 amide bonds. The molecule has 1 rings (SSSR count). The predicted molar refractivity (Wildman–Crippen MR) is 84.4 cm³/mol. The highest BCUT2D eigenvalue weighted by molar-refractivity contribution is 6.18. The largest absolute Gasteiger partial charge is 0.447 e. The lowest BCUT2D eigenvalue weighted by Gasteiger charge is -2.18. The molecule has 0 aromatic rings. The number of rotatable bonds is 12. The minimum absolute atomic E-state index is 0.0859. The van der Waals surface area contributed by atoms with Crippen LogP contribution < -0.4 is 0 Å². The van der Waals surface area contributed by atoms with Crippen LogP contribution in [-0.2, 0) is 4.74 Å². The van der Waals surface area contributed by atoms with Crippen LogP contribution in [-0.4, -0.2) is 36.1 Å². The maximum Gasteiger partial charge on any atom is 0.410 e. The van der Waals surface area contributed by atoms with Gasteiger partial charge in [0.1, 0.15) is 6.61 Å². The van der Waals surface area contributed by atoms with Gasteiger partial charge in [-0.05, 0) is 6.42 Å². The van der Waals surface area contributed by atoms with Crippen LogP contribution in [0.2, 0.25) is 0 Å². The molecule has 1 saturated heterocycles. The first-order chi connectivity index (χ1) is 9.79. The summed E-state index contributed by atoms with van der Waals surface area (Å²) in [6.07, 6.45) is 12.9. The Hall–Kier alpha value is -0.440. The van der Waals surface area contributed by atoms with E-state index in [4.69, 9.17) is 16.3 Å². The van der Waals surface area contributed by atoms with Crippen LogP contribution in [0.4, 0.5) is 4.79 Å². The highest BCUT2D eigenvalue weighted by atomic mass is 35.5. The molecule has 0 aromatic carbocycles. The van der Waals surface area contributed by atoms with Gasteiger partial charge in [-0.25, -0.2) is 4.79 Å². The maximum absolute atomic E-state index is 11.5. The topological polar surface area (TPSA) is 29.5 Å². The van der Waals surface area contributed by atoms with E-state index < -0.39 is 0 Å². The van der Waals surface area contributed by atoms with Gasteiger partial charge in [0.05, 0.1) is 6.04 Å². The van der Waals surface area contributed by atoms with Crippen LogP contribution in [0.5, 0.6) is 0 Å². The van der Waals surface area contributed by atoms with Crippen LogP contribution in [0.1, 0.15) is 71.1 Å². The van der Waals surface area contributed by atoms with Crippen molar-refractivity contribution in [1.82, 2.24) is 4.90 Å². The van der Waals surface area contributed by atoms with Crippen molar-refractivity contribution < 1.29 is 9.53 Å². The fourth-order valence-electron chi connectivity index (χ4n) is 2.66. The van der Waals surface area contributed by atoms with E-state index >= 15 is 0 Å². The van der Waals surface area contributed by atoms with Crippen molar-refractivity contribution >= 4 is 17.7 Å². The van der Waals surface area contributed by atoms with Crippen molar-refractivity contribution in [2.24, 2.45) is 0 Å². The molecular formula is C16H30ClNO2. The Morgan fingerprint density at radius 2 is 1.60 bits per heavy atom. The molecule has 0 bridgehead atoms. The molecule has 1 aliphatic rings. The van der Waals surface area contributed by atoms with Crippen LogP contribution in [0, 0.1) is 0 Å². The lowest BCUT2D eigenvalue weighted by atomic mass is 10.1. The molecule has 1 unspecified atom stereocenters. The summed E-state index contributed by atoms with van der Waals surface area (Å²) in [4.78, 5) is 13.3. The van der Waals surface area contributed by atoms with Crippen molar-refractivity contribution in [3.05, 3.63) is 0 Å². The average molecular weight is 304 g/mol. The van der Waals surface area contributed by atoms with E-state index in [1.807, 2.05) is 0 Å². The third kappa shape index (κ3) is 6.83. The van der Waals surface area contributed by atoms with Crippen molar-refractivity contribution in [2.75, 3.05) is 19.0 Å². The molecule has 20 heavy (non-hydrogen) atoms. The number of carbonyl (C=O) groups is 1. The standard InChI is InChI=1S/C16H30ClNO2/c1-2-3-4-5-6-7-8-9-10-11-12-18-15(13-17)14-20-16(18)19/h15H,2-14H2,1H3. The highest BCUT2D eigenvalue weighted by Gasteiger charge is 2.31. The molecule has 3 nitrogen and oxygen atoms in total. The molecule has 1 atom stereocenters. The number of unbranched alkanes of at least 4 members (excludes halogenated alkanes) is 9. The molecule has 1 heterocycles. The average Bonchev–Trinajstić information content (AvgIpc) is 2.81. The number of cyclic esters (lactones) is 1. The van der Waals surface area contributed by atoms with E-state index in [2.05, 4.69) is 6.92 Å². The van der Waals surface area contributed by atoms with Gasteiger partial charge in [-0.2, -0.15) is 0 Å². The summed E-state index contributed by atoms with van der Waals surface area (Å²) >= 11 is 5.83. The van der Waals surface area contributed by atoms with E-state index in [9.17, 15) is 4.79 Å². The van der Waals surface area contributed by atoms with Gasteiger partial charge in [-0.1, -0.05) is 64.7 Å². The van der Waals surface area contributed by atoms with Gasteiger partial charge in [0.2, 0.25) is 0 Å². The van der Waals surface area contributed by atoms with Gasteiger partial charge in [0, 0.05) is 12.4 Å². The Balaban J connectivity index is 1.90. The zero-order valence-corrected chi connectivity index (χ0v) is 13.7. The number of hydrogen-bond donors (Lipinski definition) is 0. The van der Waals surface area contributed by atoms with Gasteiger partial charge < -0.3 is 9.64 Å². The smallest absolute Gasteiger partial charge is 0.410 e. The number of amides is 1. The minimum Gasteiger partial charge on any atom is -0.447 e. The molecule has 0 saturated carbocycles. The third-order valence-electron chi connectivity index (χ3n) is 4.01. The fraction of sp³-hybridized carbons (Fsp3) is 0.938. The van der Waals surface area contributed by atoms with Gasteiger partial charge in [0.25, 0.3) is 0 Å².